The summed E-state index contributed by atoms with van der Waals surface area (Å²) in [4.78, 5) is 8.67. The van der Waals surface area contributed by atoms with Crippen LogP contribution < -0.4 is 15.8 Å². The third-order valence-corrected chi connectivity index (χ3v) is 4.61. The molecule has 140 valence electrons. The van der Waals surface area contributed by atoms with Crippen molar-refractivity contribution in [1.82, 2.24) is 20.2 Å². The average Bonchev–Trinajstić information content (AvgIpc) is 2.67. The Labute approximate surface area is 157 Å². The predicted octanol–water partition coefficient (Wildman–Crippen LogP) is 1.18. The van der Waals surface area contributed by atoms with E-state index in [4.69, 9.17) is 5.14 Å². The summed E-state index contributed by atoms with van der Waals surface area (Å²) in [6, 6.07) is 12.1. The number of sulfonamides is 1. The van der Waals surface area contributed by atoms with Crippen molar-refractivity contribution in [2.24, 2.45) is 5.14 Å². The normalized spacial score (nSPS) is 11.1. The second-order valence-electron chi connectivity index (χ2n) is 5.71. The maximum absolute atomic E-state index is 11.3. The molecule has 0 saturated heterocycles. The number of anilines is 2. The number of nitrogens with one attached hydrogen (secondary N) is 2. The summed E-state index contributed by atoms with van der Waals surface area (Å²) in [6.45, 7) is 1.11. The largest absolute Gasteiger partial charge is 0.368 e. The second kappa shape index (κ2) is 8.52. The third-order valence-electron chi connectivity index (χ3n) is 3.68. The van der Waals surface area contributed by atoms with Crippen LogP contribution in [0, 0.1) is 0 Å². The molecule has 0 amide bonds. The van der Waals surface area contributed by atoms with Crippen molar-refractivity contribution in [3.63, 3.8) is 0 Å². The van der Waals surface area contributed by atoms with Gasteiger partial charge in [-0.1, -0.05) is 18.2 Å². The molecule has 0 aliphatic carbocycles. The van der Waals surface area contributed by atoms with Gasteiger partial charge in [0, 0.05) is 12.7 Å². The van der Waals surface area contributed by atoms with Crippen molar-refractivity contribution in [3.8, 4) is 0 Å². The first kappa shape index (κ1) is 18.7. The van der Waals surface area contributed by atoms with E-state index >= 15 is 0 Å². The molecule has 0 radical (unpaired) electrons. The lowest BCUT2D eigenvalue weighted by molar-refractivity contribution is 0.598. The summed E-state index contributed by atoms with van der Waals surface area (Å²) < 4.78 is 22.5. The minimum absolute atomic E-state index is 0.0998. The summed E-state index contributed by atoms with van der Waals surface area (Å²) in [6.07, 6.45) is 3.95. The quantitative estimate of drug-likeness (QED) is 0.526. The van der Waals surface area contributed by atoms with Gasteiger partial charge < -0.3 is 10.6 Å². The maximum Gasteiger partial charge on any atom is 0.245 e. The zero-order valence-corrected chi connectivity index (χ0v) is 15.2. The van der Waals surface area contributed by atoms with E-state index in [1.165, 1.54) is 18.3 Å². The third kappa shape index (κ3) is 5.69. The Bertz CT molecular complexity index is 980. The van der Waals surface area contributed by atoms with Crippen LogP contribution in [0.1, 0.15) is 11.3 Å². The van der Waals surface area contributed by atoms with E-state index < -0.39 is 10.0 Å². The molecule has 0 aliphatic heterocycles. The molecule has 27 heavy (non-hydrogen) atoms. The van der Waals surface area contributed by atoms with Crippen LogP contribution >= 0.6 is 0 Å². The fourth-order valence-corrected chi connectivity index (χ4v) is 2.83. The molecule has 0 spiro atoms. The fraction of sp³-hybridized carbons (Fsp3) is 0.176. The SMILES string of the molecule is NS(=O)(=O)c1ccc(CCNc2cnnc(NCc3ccccn3)n2)cc1. The first-order valence-electron chi connectivity index (χ1n) is 8.20. The van der Waals surface area contributed by atoms with Gasteiger partial charge in [-0.05, 0) is 36.2 Å². The molecule has 4 N–H and O–H groups in total. The molecule has 10 heteroatoms. The van der Waals surface area contributed by atoms with Crippen LogP contribution in [0.3, 0.4) is 0 Å². The highest BCUT2D eigenvalue weighted by atomic mass is 32.2. The smallest absolute Gasteiger partial charge is 0.245 e. The molecule has 3 aromatic rings. The zero-order chi connectivity index (χ0) is 19.1. The molecule has 0 aliphatic rings. The first-order chi connectivity index (χ1) is 13.0. The van der Waals surface area contributed by atoms with Crippen molar-refractivity contribution in [3.05, 3.63) is 66.1 Å². The lowest BCUT2D eigenvalue weighted by atomic mass is 10.1. The number of primary sulfonamides is 1. The van der Waals surface area contributed by atoms with Crippen LogP contribution in [-0.4, -0.2) is 35.1 Å². The molecule has 0 unspecified atom stereocenters. The Hall–Kier alpha value is -3.11. The van der Waals surface area contributed by atoms with Crippen LogP contribution in [0.15, 0.2) is 59.8 Å². The number of benzene rings is 1. The number of hydrogen-bond acceptors (Lipinski definition) is 8. The Balaban J connectivity index is 1.51. The van der Waals surface area contributed by atoms with E-state index in [9.17, 15) is 8.42 Å². The number of rotatable bonds is 8. The van der Waals surface area contributed by atoms with Crippen LogP contribution in [0.25, 0.3) is 0 Å². The molecule has 3 rings (SSSR count). The van der Waals surface area contributed by atoms with Gasteiger partial charge in [-0.15, -0.1) is 5.10 Å². The van der Waals surface area contributed by atoms with E-state index in [-0.39, 0.29) is 4.90 Å². The molecule has 9 nitrogen and oxygen atoms in total. The van der Waals surface area contributed by atoms with Crippen LogP contribution in [0.2, 0.25) is 0 Å². The summed E-state index contributed by atoms with van der Waals surface area (Å²) >= 11 is 0. The molecule has 0 saturated carbocycles. The monoisotopic (exact) mass is 385 g/mol. The number of nitrogens with zero attached hydrogens (tertiary/aromatic N) is 4. The summed E-state index contributed by atoms with van der Waals surface area (Å²) in [5.74, 6) is 0.998. The number of hydrogen-bond donors (Lipinski definition) is 3. The Kier molecular flexibility index (Phi) is 5.89. The van der Waals surface area contributed by atoms with Gasteiger partial charge in [0.25, 0.3) is 0 Å². The Morgan fingerprint density at radius 3 is 2.56 bits per heavy atom. The highest BCUT2D eigenvalue weighted by Crippen LogP contribution is 2.10. The molecule has 2 aromatic heterocycles. The highest BCUT2D eigenvalue weighted by Gasteiger charge is 2.06. The topological polar surface area (TPSA) is 136 Å². The van der Waals surface area contributed by atoms with Crippen LogP contribution in [0.4, 0.5) is 11.8 Å². The number of pyridine rings is 1. The van der Waals surface area contributed by atoms with Crippen LogP contribution in [-0.2, 0) is 23.0 Å². The van der Waals surface area contributed by atoms with Gasteiger partial charge in [-0.2, -0.15) is 10.1 Å². The lowest BCUT2D eigenvalue weighted by Crippen LogP contribution is -2.12. The van der Waals surface area contributed by atoms with Gasteiger partial charge in [0.05, 0.1) is 23.3 Å². The highest BCUT2D eigenvalue weighted by molar-refractivity contribution is 7.89. The maximum atomic E-state index is 11.3. The molecule has 0 fully saturated rings. The second-order valence-corrected chi connectivity index (χ2v) is 7.27. The summed E-state index contributed by atoms with van der Waals surface area (Å²) in [5, 5.41) is 19.2. The number of aromatic nitrogens is 4. The van der Waals surface area contributed by atoms with Crippen molar-refractivity contribution in [2.75, 3.05) is 17.2 Å². The molecule has 1 aromatic carbocycles. The minimum Gasteiger partial charge on any atom is -0.368 e. The number of nitrogens with two attached hydrogens (primary N) is 1. The van der Waals surface area contributed by atoms with Gasteiger partial charge >= 0.3 is 0 Å². The van der Waals surface area contributed by atoms with E-state index in [2.05, 4.69) is 30.8 Å². The molecule has 0 bridgehead atoms. The Morgan fingerprint density at radius 2 is 1.85 bits per heavy atom. The van der Waals surface area contributed by atoms with Gasteiger partial charge in [0.2, 0.25) is 16.0 Å². The summed E-state index contributed by atoms with van der Waals surface area (Å²) in [5.41, 5.74) is 1.85. The fourth-order valence-electron chi connectivity index (χ4n) is 2.32. The molecule has 0 atom stereocenters. The predicted molar refractivity (Wildman–Crippen MR) is 101 cm³/mol. The average molecular weight is 385 g/mol. The van der Waals surface area contributed by atoms with E-state index in [0.29, 0.717) is 31.3 Å². The first-order valence-corrected chi connectivity index (χ1v) is 9.74. The van der Waals surface area contributed by atoms with Gasteiger partial charge in [-0.3, -0.25) is 4.98 Å². The van der Waals surface area contributed by atoms with Crippen molar-refractivity contribution in [2.45, 2.75) is 17.9 Å². The van der Waals surface area contributed by atoms with Gasteiger partial charge in [0.15, 0.2) is 5.82 Å². The molecule has 2 heterocycles. The standard InChI is InChI=1S/C17H19N7O2S/c18-27(25,26)15-6-4-13(5-7-15)8-10-20-16-12-22-24-17(23-16)21-11-14-3-1-2-9-19-14/h1-7,9,12H,8,10-11H2,(H2,18,25,26)(H2,20,21,23,24). The van der Waals surface area contributed by atoms with Gasteiger partial charge in [-0.25, -0.2) is 13.6 Å². The van der Waals surface area contributed by atoms with Crippen molar-refractivity contribution < 1.29 is 8.42 Å². The minimum atomic E-state index is -3.67. The van der Waals surface area contributed by atoms with Crippen LogP contribution in [0.5, 0.6) is 0 Å². The summed E-state index contributed by atoms with van der Waals surface area (Å²) in [7, 11) is -3.67. The molecular weight excluding hydrogens is 366 g/mol. The van der Waals surface area contributed by atoms with E-state index in [1.807, 2.05) is 18.2 Å². The van der Waals surface area contributed by atoms with E-state index in [1.54, 1.807) is 18.3 Å². The Morgan fingerprint density at radius 1 is 1.04 bits per heavy atom. The van der Waals surface area contributed by atoms with Crippen molar-refractivity contribution in [1.29, 1.82) is 0 Å². The van der Waals surface area contributed by atoms with Gasteiger partial charge in [0.1, 0.15) is 0 Å². The lowest BCUT2D eigenvalue weighted by Gasteiger charge is -2.08. The van der Waals surface area contributed by atoms with E-state index in [0.717, 1.165) is 11.3 Å². The molecular formula is C17H19N7O2S. The van der Waals surface area contributed by atoms with Crippen molar-refractivity contribution >= 4 is 21.8 Å². The zero-order valence-electron chi connectivity index (χ0n) is 14.4.